The maximum Gasteiger partial charge on any atom is 0.407 e. The summed E-state index contributed by atoms with van der Waals surface area (Å²) in [5, 5.41) is 32.7. The Morgan fingerprint density at radius 3 is 1.23 bits per heavy atom. The van der Waals surface area contributed by atoms with Crippen LogP contribution in [0.25, 0.3) is 0 Å². The van der Waals surface area contributed by atoms with Crippen LogP contribution >= 0.6 is 0 Å². The van der Waals surface area contributed by atoms with Gasteiger partial charge in [-0.05, 0) is 32.1 Å². The first-order valence-corrected chi connectivity index (χ1v) is 24.3. The van der Waals surface area contributed by atoms with Crippen LogP contribution in [-0.4, -0.2) is 110 Å². The van der Waals surface area contributed by atoms with E-state index >= 15 is 0 Å². The average Bonchev–Trinajstić information content (AvgIpc) is 3.24. The fraction of sp³-hybridized carbons (Fsp3) is 0.894. The van der Waals surface area contributed by atoms with E-state index in [-0.39, 0.29) is 58.3 Å². The number of nitrogens with one attached hydrogen (secondary N) is 2. The van der Waals surface area contributed by atoms with Crippen molar-refractivity contribution in [3.05, 3.63) is 0 Å². The van der Waals surface area contributed by atoms with Crippen molar-refractivity contribution in [2.24, 2.45) is 0 Å². The molecule has 1 unspecified atom stereocenters. The van der Waals surface area contributed by atoms with Crippen LogP contribution in [0.15, 0.2) is 0 Å². The highest BCUT2D eigenvalue weighted by Gasteiger charge is 2.34. The van der Waals surface area contributed by atoms with Gasteiger partial charge in [0.05, 0.1) is 25.9 Å². The van der Waals surface area contributed by atoms with E-state index in [0.717, 1.165) is 25.7 Å². The predicted octanol–water partition coefficient (Wildman–Crippen LogP) is 10.6. The number of hydrogen-bond donors (Lipinski definition) is 5. The van der Waals surface area contributed by atoms with E-state index in [1.165, 1.54) is 128 Å². The molecule has 0 aliphatic carbocycles. The van der Waals surface area contributed by atoms with Crippen LogP contribution in [0.4, 0.5) is 9.59 Å². The van der Waals surface area contributed by atoms with E-state index in [0.29, 0.717) is 19.8 Å². The molecule has 0 heterocycles. The van der Waals surface area contributed by atoms with Crippen LogP contribution in [-0.2, 0) is 38.1 Å². The van der Waals surface area contributed by atoms with Crippen molar-refractivity contribution in [3.63, 3.8) is 0 Å². The second-order valence-electron chi connectivity index (χ2n) is 16.7. The van der Waals surface area contributed by atoms with Gasteiger partial charge in [0.2, 0.25) is 0 Å². The molecule has 0 aromatic heterocycles. The molecular formula is C47H88N2O13. The van der Waals surface area contributed by atoms with Crippen molar-refractivity contribution in [1.29, 1.82) is 0 Å². The van der Waals surface area contributed by atoms with Gasteiger partial charge < -0.3 is 49.6 Å². The summed E-state index contributed by atoms with van der Waals surface area (Å²) in [6, 6.07) is 0. The largest absolute Gasteiger partial charge is 0.481 e. The molecule has 0 radical (unpaired) electrons. The number of carbonyl (C=O) groups is 5. The minimum Gasteiger partial charge on any atom is -0.481 e. The van der Waals surface area contributed by atoms with E-state index in [1.807, 2.05) is 0 Å². The lowest BCUT2D eigenvalue weighted by Gasteiger charge is -2.33. The highest BCUT2D eigenvalue weighted by Crippen LogP contribution is 2.26. The van der Waals surface area contributed by atoms with E-state index in [9.17, 15) is 24.0 Å². The van der Waals surface area contributed by atoms with Gasteiger partial charge in [0, 0.05) is 44.6 Å². The minimum atomic E-state index is -1.40. The van der Waals surface area contributed by atoms with Crippen molar-refractivity contribution in [2.45, 2.75) is 218 Å². The predicted molar refractivity (Wildman–Crippen MR) is 241 cm³/mol. The maximum atomic E-state index is 12.6. The monoisotopic (exact) mass is 889 g/mol. The Morgan fingerprint density at radius 1 is 0.452 bits per heavy atom. The van der Waals surface area contributed by atoms with Crippen LogP contribution in [0, 0.1) is 0 Å². The fourth-order valence-electron chi connectivity index (χ4n) is 7.21. The molecule has 15 nitrogen and oxygen atoms in total. The Hall–Kier alpha value is -3.17. The minimum absolute atomic E-state index is 0.0270. The van der Waals surface area contributed by atoms with Crippen LogP contribution in [0.2, 0.25) is 0 Å². The molecule has 0 saturated heterocycles. The lowest BCUT2D eigenvalue weighted by molar-refractivity contribution is -0.137. The molecule has 2 amide bonds. The molecule has 5 N–H and O–H groups in total. The highest BCUT2D eigenvalue weighted by atomic mass is 16.6. The maximum absolute atomic E-state index is 12.6. The van der Waals surface area contributed by atoms with Gasteiger partial charge in [-0.2, -0.15) is 0 Å². The molecule has 0 aromatic rings. The van der Waals surface area contributed by atoms with Crippen LogP contribution in [0.1, 0.15) is 206 Å². The zero-order valence-corrected chi connectivity index (χ0v) is 38.9. The number of aliphatic carboxylic acids is 3. The number of unbranched alkanes of at least 4 members (excludes halogenated alkanes) is 22. The van der Waals surface area contributed by atoms with Crippen molar-refractivity contribution < 1.29 is 63.0 Å². The molecule has 0 spiro atoms. The molecule has 0 saturated carbocycles. The second kappa shape index (κ2) is 43.1. The van der Waals surface area contributed by atoms with E-state index < -0.39 is 54.9 Å². The SMILES string of the molecule is CCCCCCCCCCCCCCOCC(CNC(=O)OCCOCCOC(=O)NC(CCC(=O)O)(CCC(=O)O)CCC(=O)O)OCCCCCCCCCCCCCC. The summed E-state index contributed by atoms with van der Waals surface area (Å²) in [6.45, 7) is 6.10. The summed E-state index contributed by atoms with van der Waals surface area (Å²) in [6.07, 6.45) is 26.9. The van der Waals surface area contributed by atoms with Crippen molar-refractivity contribution >= 4 is 30.1 Å². The number of rotatable bonds is 47. The Bertz CT molecular complexity index is 1060. The Labute approximate surface area is 373 Å². The number of ether oxygens (including phenoxy) is 5. The normalized spacial score (nSPS) is 11.9. The van der Waals surface area contributed by atoms with Crippen molar-refractivity contribution in [2.75, 3.05) is 52.8 Å². The number of alkyl carbamates (subject to hydrolysis) is 2. The first-order valence-electron chi connectivity index (χ1n) is 24.3. The van der Waals surface area contributed by atoms with Gasteiger partial charge in [-0.3, -0.25) is 14.4 Å². The lowest BCUT2D eigenvalue weighted by Crippen LogP contribution is -2.50. The standard InChI is InChI=1S/C47H88N2O13/c1-3-5-7-9-11-13-15-17-19-21-23-25-33-59-40-41(60-34-26-24-22-20-18-16-14-12-10-8-6-4-2)39-48-45(56)61-37-35-58-36-38-62-46(57)49-47(30-27-42(50)51,31-28-43(52)53)32-29-44(54)55/h41H,3-40H2,1-2H3,(H,48,56)(H,49,57)(H,50,51)(H,52,53)(H,54,55). The Kier molecular flexibility index (Phi) is 40.9. The zero-order valence-electron chi connectivity index (χ0n) is 38.9. The molecule has 364 valence electrons. The van der Waals surface area contributed by atoms with Crippen LogP contribution in [0.5, 0.6) is 0 Å². The summed E-state index contributed by atoms with van der Waals surface area (Å²) in [4.78, 5) is 58.7. The Balaban J connectivity index is 4.55. The first-order chi connectivity index (χ1) is 30.0. The van der Waals surface area contributed by atoms with Gasteiger partial charge in [-0.1, -0.05) is 155 Å². The molecule has 0 rings (SSSR count). The number of amides is 2. The van der Waals surface area contributed by atoms with Gasteiger partial charge in [-0.25, -0.2) is 9.59 Å². The zero-order chi connectivity index (χ0) is 45.8. The number of carboxylic acid groups (broad SMARTS) is 3. The molecule has 15 heteroatoms. The van der Waals surface area contributed by atoms with Crippen molar-refractivity contribution in [3.8, 4) is 0 Å². The van der Waals surface area contributed by atoms with Gasteiger partial charge in [0.25, 0.3) is 0 Å². The van der Waals surface area contributed by atoms with Crippen molar-refractivity contribution in [1.82, 2.24) is 10.6 Å². The smallest absolute Gasteiger partial charge is 0.407 e. The van der Waals surface area contributed by atoms with E-state index in [4.69, 9.17) is 39.0 Å². The number of hydrogen-bond acceptors (Lipinski definition) is 10. The lowest BCUT2D eigenvalue weighted by atomic mass is 9.83. The summed E-state index contributed by atoms with van der Waals surface area (Å²) in [7, 11) is 0. The van der Waals surface area contributed by atoms with E-state index in [1.54, 1.807) is 0 Å². The molecule has 62 heavy (non-hydrogen) atoms. The first kappa shape index (κ1) is 58.8. The highest BCUT2D eigenvalue weighted by molar-refractivity contribution is 5.71. The number of carboxylic acids is 3. The fourth-order valence-corrected chi connectivity index (χ4v) is 7.21. The molecule has 0 aliphatic rings. The topological polar surface area (TPSA) is 216 Å². The van der Waals surface area contributed by atoms with Gasteiger partial charge in [-0.15, -0.1) is 0 Å². The summed E-state index contributed by atoms with van der Waals surface area (Å²) in [5.74, 6) is -3.52. The third-order valence-corrected chi connectivity index (χ3v) is 11.0. The summed E-state index contributed by atoms with van der Waals surface area (Å²) >= 11 is 0. The van der Waals surface area contributed by atoms with E-state index in [2.05, 4.69) is 24.5 Å². The molecule has 0 aliphatic heterocycles. The average molecular weight is 889 g/mol. The van der Waals surface area contributed by atoms with Crippen LogP contribution in [0.3, 0.4) is 0 Å². The second-order valence-corrected chi connectivity index (χ2v) is 16.7. The van der Waals surface area contributed by atoms with Gasteiger partial charge >= 0.3 is 30.1 Å². The quantitative estimate of drug-likeness (QED) is 0.0360. The molecule has 0 bridgehead atoms. The molecular weight excluding hydrogens is 801 g/mol. The Morgan fingerprint density at radius 2 is 0.823 bits per heavy atom. The van der Waals surface area contributed by atoms with Gasteiger partial charge in [0.1, 0.15) is 13.2 Å². The molecule has 0 aromatic carbocycles. The third-order valence-electron chi connectivity index (χ3n) is 11.0. The number of carbonyl (C=O) groups excluding carboxylic acids is 2. The summed E-state index contributed by atoms with van der Waals surface area (Å²) in [5.41, 5.74) is -1.40. The molecule has 0 fully saturated rings. The molecule has 1 atom stereocenters. The third kappa shape index (κ3) is 40.9. The van der Waals surface area contributed by atoms with Crippen LogP contribution < -0.4 is 10.6 Å². The van der Waals surface area contributed by atoms with Gasteiger partial charge in [0.15, 0.2) is 0 Å². The summed E-state index contributed by atoms with van der Waals surface area (Å²) < 4.78 is 27.9.